The number of nitrogens with zero attached hydrogens (tertiary/aromatic N) is 6. The van der Waals surface area contributed by atoms with Gasteiger partial charge in [0.2, 0.25) is 17.7 Å². The van der Waals surface area contributed by atoms with E-state index in [2.05, 4.69) is 54.3 Å². The van der Waals surface area contributed by atoms with Crippen molar-refractivity contribution >= 4 is 51.9 Å². The van der Waals surface area contributed by atoms with E-state index in [4.69, 9.17) is 14.5 Å². The molecule has 4 saturated heterocycles. The fourth-order valence-electron chi connectivity index (χ4n) is 13.2. The molecule has 1 saturated carbocycles. The van der Waals surface area contributed by atoms with Crippen molar-refractivity contribution in [1.29, 1.82) is 0 Å². The van der Waals surface area contributed by atoms with E-state index in [9.17, 15) is 24.0 Å². The number of methoxy groups -OCH3 is 1. The Kier molecular flexibility index (Phi) is 15.2. The van der Waals surface area contributed by atoms with E-state index >= 15 is 9.59 Å². The Labute approximate surface area is 472 Å². The Balaban J connectivity index is 0.887. The summed E-state index contributed by atoms with van der Waals surface area (Å²) in [6, 6.07) is 19.5. The molecule has 7 heterocycles. The average Bonchev–Trinajstić information content (AvgIpc) is 3.05. The highest BCUT2D eigenvalue weighted by atomic mass is 32.2. The number of likely N-dealkylation sites (tertiary alicyclic amines) is 2. The fraction of sp³-hybridized carbons (Fsp3) is 0.516. The summed E-state index contributed by atoms with van der Waals surface area (Å²) in [7, 11) is 1.67. The monoisotopic (exact) mass is 1110 g/mol. The van der Waals surface area contributed by atoms with E-state index in [1.807, 2.05) is 74.5 Å². The molecular formula is C62H76N8O9S. The summed E-state index contributed by atoms with van der Waals surface area (Å²) < 4.78 is 30.0. The lowest BCUT2D eigenvalue weighted by Gasteiger charge is -2.37. The number of cyclic esters (lactones) is 1. The van der Waals surface area contributed by atoms with E-state index in [-0.39, 0.29) is 61.7 Å². The number of hydrogen-bond donors (Lipinski definition) is 3. The molecule has 17 nitrogen and oxygen atoms in total. The number of aromatic hydroxyl groups is 1. The number of esters is 1. The maximum absolute atomic E-state index is 15.1. The molecule has 2 unspecified atom stereocenters. The molecule has 1 spiro atoms. The average molecular weight is 1110 g/mol. The van der Waals surface area contributed by atoms with Crippen molar-refractivity contribution in [3.8, 4) is 28.1 Å². The van der Waals surface area contributed by atoms with Crippen LogP contribution in [-0.4, -0.2) is 138 Å². The van der Waals surface area contributed by atoms with E-state index in [0.717, 1.165) is 57.4 Å². The molecule has 6 bridgehead atoms. The number of benzene rings is 3. The minimum atomic E-state index is -1.49. The number of rotatable bonds is 12. The quantitative estimate of drug-likeness (QED) is 0.0635. The summed E-state index contributed by atoms with van der Waals surface area (Å²) in [5.41, 5.74) is 9.71. The van der Waals surface area contributed by atoms with Gasteiger partial charge in [-0.05, 0) is 148 Å². The minimum absolute atomic E-state index is 0.0146. The highest BCUT2D eigenvalue weighted by molar-refractivity contribution is 7.89. The van der Waals surface area contributed by atoms with Gasteiger partial charge in [-0.2, -0.15) is 0 Å². The minimum Gasteiger partial charge on any atom is -0.593 e. The number of phenolic OH excluding ortho intramolecular Hbond substituents is 1. The lowest BCUT2D eigenvalue weighted by atomic mass is 9.84. The number of aryl methyl sites for hydroxylation is 2. The third-order valence-corrected chi connectivity index (χ3v) is 19.2. The van der Waals surface area contributed by atoms with Gasteiger partial charge in [-0.15, -0.1) is 4.31 Å². The van der Waals surface area contributed by atoms with Crippen molar-refractivity contribution in [3.63, 3.8) is 0 Å². The second kappa shape index (κ2) is 21.9. The second-order valence-electron chi connectivity index (χ2n) is 24.5. The molecule has 9 atom stereocenters. The predicted octanol–water partition coefficient (Wildman–Crippen LogP) is 7.42. The fourth-order valence-corrected chi connectivity index (χ4v) is 14.7. The van der Waals surface area contributed by atoms with Crippen LogP contribution in [0, 0.1) is 29.6 Å². The Bertz CT molecular complexity index is 3230. The summed E-state index contributed by atoms with van der Waals surface area (Å²) in [5, 5.41) is 17.0. The molecule has 424 valence electrons. The van der Waals surface area contributed by atoms with Crippen molar-refractivity contribution in [1.82, 2.24) is 39.4 Å². The number of nitrogens with one attached hydrogen (secondary N) is 2. The van der Waals surface area contributed by atoms with Crippen LogP contribution >= 0.6 is 0 Å². The number of fused-ring (bicyclic) bond motifs is 6. The largest absolute Gasteiger partial charge is 0.593 e. The van der Waals surface area contributed by atoms with Gasteiger partial charge in [-0.1, -0.05) is 57.5 Å². The highest BCUT2D eigenvalue weighted by Gasteiger charge is 2.68. The van der Waals surface area contributed by atoms with Gasteiger partial charge in [-0.25, -0.2) is 5.43 Å². The van der Waals surface area contributed by atoms with Crippen LogP contribution < -0.4 is 10.7 Å². The number of ether oxygens (including phenoxy) is 2. The number of pyridine rings is 1. The van der Waals surface area contributed by atoms with Crippen LogP contribution in [0.15, 0.2) is 83.9 Å². The van der Waals surface area contributed by atoms with Crippen LogP contribution in [-0.2, 0) is 64.2 Å². The van der Waals surface area contributed by atoms with Gasteiger partial charge in [0.1, 0.15) is 23.9 Å². The Morgan fingerprint density at radius 2 is 1.74 bits per heavy atom. The van der Waals surface area contributed by atoms with Gasteiger partial charge in [0, 0.05) is 74.3 Å². The van der Waals surface area contributed by atoms with E-state index in [0.29, 0.717) is 73.7 Å². The smallest absolute Gasteiger partial charge is 0.324 e. The first-order valence-electron chi connectivity index (χ1n) is 28.7. The lowest BCUT2D eigenvalue weighted by Crippen LogP contribution is -2.62. The summed E-state index contributed by atoms with van der Waals surface area (Å²) >= 11 is -1.49. The van der Waals surface area contributed by atoms with Crippen molar-refractivity contribution < 1.29 is 43.1 Å². The third-order valence-electron chi connectivity index (χ3n) is 17.7. The van der Waals surface area contributed by atoms with Gasteiger partial charge in [0.05, 0.1) is 46.9 Å². The van der Waals surface area contributed by atoms with Crippen LogP contribution in [0.3, 0.4) is 0 Å². The number of hydrazine groups is 1. The summed E-state index contributed by atoms with van der Waals surface area (Å²) in [4.78, 5) is 82.4. The van der Waals surface area contributed by atoms with Crippen molar-refractivity contribution in [2.24, 2.45) is 22.7 Å². The van der Waals surface area contributed by atoms with Crippen LogP contribution in [0.2, 0.25) is 0 Å². The number of carbonyl (C=O) groups excluding carboxylic acids is 5. The molecule has 18 heteroatoms. The maximum Gasteiger partial charge on any atom is 0.324 e. The van der Waals surface area contributed by atoms with E-state index in [1.165, 1.54) is 5.01 Å². The second-order valence-corrected chi connectivity index (χ2v) is 25.8. The number of aromatic nitrogens is 2. The van der Waals surface area contributed by atoms with Crippen molar-refractivity contribution in [2.45, 2.75) is 148 Å². The molecule has 2 aromatic heterocycles. The Hall–Kier alpha value is -6.31. The lowest BCUT2D eigenvalue weighted by molar-refractivity contribution is -0.155. The molecule has 1 aliphatic carbocycles. The summed E-state index contributed by atoms with van der Waals surface area (Å²) in [5.74, 6) is -1.82. The normalized spacial score (nSPS) is 26.1. The predicted molar refractivity (Wildman–Crippen MR) is 304 cm³/mol. The molecule has 0 radical (unpaired) electrons. The van der Waals surface area contributed by atoms with E-state index < -0.39 is 64.1 Å². The van der Waals surface area contributed by atoms with Crippen LogP contribution in [0.25, 0.3) is 33.3 Å². The van der Waals surface area contributed by atoms with Crippen LogP contribution in [0.5, 0.6) is 5.75 Å². The van der Waals surface area contributed by atoms with Gasteiger partial charge in [-0.3, -0.25) is 34.0 Å². The molecular weight excluding hydrogens is 1030 g/mol. The number of carbonyl (C=O) groups is 5. The van der Waals surface area contributed by atoms with Gasteiger partial charge < -0.3 is 38.8 Å². The molecule has 6 aliphatic rings. The topological polar surface area (TPSA) is 202 Å². The van der Waals surface area contributed by atoms with Gasteiger partial charge in [0.15, 0.2) is 10.9 Å². The van der Waals surface area contributed by atoms with Gasteiger partial charge >= 0.3 is 5.97 Å². The maximum atomic E-state index is 15.1. The standard InChI is InChI=1S/C62H76N8O9S/c1-9-67-50-21-18-41-32-46(50)47(54(67)45-12-10-24-63-51(45)38(5)78-8)33-61(6,7)35-79-59(75)48-13-11-25-69(65-48)57(73)49(30-39-28-42(41)31-43(71)29-39)64-56(72)52(36(2)3)68-27-23-62(60(68)76)22-26-66(34-62)58(74)55-53(40-16-17-40)70(55)80(77)44-19-14-37(4)15-20-44/h10,12,14-15,18-21,24,28-29,31-32,36,38,40,48-49,52-53,55,65,71H,9,11,13,16-17,22-23,25-27,30,33-35H2,1-8H3,(H,64,72)/t38-,48-,49-,52-,53+,55+,62-,70?,80?/m0/s1. The number of amides is 4. The summed E-state index contributed by atoms with van der Waals surface area (Å²) in [6.45, 7) is 15.9. The molecule has 3 N–H and O–H groups in total. The Morgan fingerprint density at radius 3 is 2.46 bits per heavy atom. The Morgan fingerprint density at radius 1 is 0.975 bits per heavy atom. The van der Waals surface area contributed by atoms with Crippen LogP contribution in [0.4, 0.5) is 0 Å². The first-order valence-corrected chi connectivity index (χ1v) is 29.8. The molecule has 5 fully saturated rings. The zero-order valence-electron chi connectivity index (χ0n) is 47.3. The number of hydrogen-bond acceptors (Lipinski definition) is 12. The first kappa shape index (κ1) is 55.6. The molecule has 3 aromatic carbocycles. The number of phenols is 1. The first-order chi connectivity index (χ1) is 38.3. The molecule has 4 amide bonds. The highest BCUT2D eigenvalue weighted by Crippen LogP contribution is 2.52. The van der Waals surface area contributed by atoms with Crippen molar-refractivity contribution in [2.75, 3.05) is 39.9 Å². The molecule has 5 aliphatic heterocycles. The van der Waals surface area contributed by atoms with Crippen LogP contribution in [0.1, 0.15) is 109 Å². The van der Waals surface area contributed by atoms with Crippen molar-refractivity contribution in [3.05, 3.63) is 101 Å². The molecule has 80 heavy (non-hydrogen) atoms. The SMILES string of the molecule is CCn1c(-c2cccnc2[C@H](C)OC)c2c3cc(ccc31)-c1cc(O)cc(c1)C[C@H](NC(=O)[C@H](C(C)C)N1CC[C@]3(CCN(C(=O)[C@H]4[C@@H](C5CC5)N4[S+]([O-])c4ccc(C)cc4)C3)C1=O)C(=O)N1CCC[C@H](N1)C(=O)OCC(C)(C)C2. The van der Waals surface area contributed by atoms with Gasteiger partial charge in [0.25, 0.3) is 5.91 Å². The van der Waals surface area contributed by atoms with E-state index in [1.54, 1.807) is 35.2 Å². The molecule has 11 rings (SSSR count). The third kappa shape index (κ3) is 10.5. The zero-order chi connectivity index (χ0) is 56.5. The summed E-state index contributed by atoms with van der Waals surface area (Å²) in [6.07, 6.45) is 5.81. The zero-order valence-corrected chi connectivity index (χ0v) is 48.1. The molecule has 5 aromatic rings.